The van der Waals surface area contributed by atoms with Gasteiger partial charge in [0.05, 0.1) is 25.3 Å². The Bertz CT molecular complexity index is 457. The molecular weight excluding hydrogens is 240 g/mol. The number of hydrogen-bond donors (Lipinski definition) is 0. The fourth-order valence-electron chi connectivity index (χ4n) is 1.26. The zero-order valence-electron chi connectivity index (χ0n) is 9.75. The third kappa shape index (κ3) is 3.69. The second-order valence-corrected chi connectivity index (χ2v) is 3.53. The lowest BCUT2D eigenvalue weighted by Crippen LogP contribution is -2.02. The van der Waals surface area contributed by atoms with Crippen molar-refractivity contribution in [3.63, 3.8) is 0 Å². The summed E-state index contributed by atoms with van der Waals surface area (Å²) >= 11 is 5.54. The molecule has 0 unspecified atom stereocenters. The van der Waals surface area contributed by atoms with Crippen molar-refractivity contribution in [1.82, 2.24) is 0 Å². The third-order valence-corrected chi connectivity index (χ3v) is 2.25. The summed E-state index contributed by atoms with van der Waals surface area (Å²) in [6, 6.07) is 4.97. The van der Waals surface area contributed by atoms with Gasteiger partial charge in [-0.25, -0.2) is 4.79 Å². The molecule has 0 aliphatic carbocycles. The van der Waals surface area contributed by atoms with Crippen molar-refractivity contribution in [2.75, 3.05) is 20.1 Å². The normalized spacial score (nSPS) is 9.12. The molecule has 0 bridgehead atoms. The SMILES string of the molecule is COC(=O)c1ccc(OC)c(C#CCCCl)c1. The first-order valence-corrected chi connectivity index (χ1v) is 5.57. The molecule has 0 amide bonds. The summed E-state index contributed by atoms with van der Waals surface area (Å²) in [6.45, 7) is 0. The number of ether oxygens (including phenoxy) is 2. The summed E-state index contributed by atoms with van der Waals surface area (Å²) < 4.78 is 9.80. The summed E-state index contributed by atoms with van der Waals surface area (Å²) in [7, 11) is 2.89. The lowest BCUT2D eigenvalue weighted by Gasteiger charge is -2.05. The van der Waals surface area contributed by atoms with Crippen LogP contribution < -0.4 is 4.74 Å². The molecular formula is C13H13ClO3. The van der Waals surface area contributed by atoms with E-state index in [4.69, 9.17) is 16.3 Å². The highest BCUT2D eigenvalue weighted by Gasteiger charge is 2.08. The molecule has 0 aromatic heterocycles. The lowest BCUT2D eigenvalue weighted by molar-refractivity contribution is 0.0600. The van der Waals surface area contributed by atoms with Crippen LogP contribution in [0.1, 0.15) is 22.3 Å². The van der Waals surface area contributed by atoms with Crippen molar-refractivity contribution in [3.05, 3.63) is 29.3 Å². The van der Waals surface area contributed by atoms with Gasteiger partial charge in [0.2, 0.25) is 0 Å². The van der Waals surface area contributed by atoms with E-state index in [2.05, 4.69) is 16.6 Å². The number of rotatable bonds is 3. The Hall–Kier alpha value is -1.66. The molecule has 1 aromatic carbocycles. The smallest absolute Gasteiger partial charge is 0.337 e. The molecule has 4 heteroatoms. The van der Waals surface area contributed by atoms with Crippen LogP contribution in [0, 0.1) is 11.8 Å². The number of carbonyl (C=O) groups excluding carboxylic acids is 1. The number of methoxy groups -OCH3 is 2. The molecule has 0 heterocycles. The van der Waals surface area contributed by atoms with Gasteiger partial charge in [-0.05, 0) is 18.2 Å². The summed E-state index contributed by atoms with van der Waals surface area (Å²) in [5.74, 6) is 6.52. The average Bonchev–Trinajstić information content (AvgIpc) is 2.38. The van der Waals surface area contributed by atoms with Gasteiger partial charge in [0.1, 0.15) is 5.75 Å². The van der Waals surface area contributed by atoms with Crippen molar-refractivity contribution >= 4 is 17.6 Å². The first-order valence-electron chi connectivity index (χ1n) is 5.04. The van der Waals surface area contributed by atoms with E-state index in [9.17, 15) is 4.79 Å². The predicted molar refractivity (Wildman–Crippen MR) is 66.5 cm³/mol. The van der Waals surface area contributed by atoms with Gasteiger partial charge in [-0.1, -0.05) is 11.8 Å². The molecule has 0 aliphatic rings. The molecule has 0 saturated carbocycles. The van der Waals surface area contributed by atoms with Crippen molar-refractivity contribution in [2.45, 2.75) is 6.42 Å². The van der Waals surface area contributed by atoms with Crippen LogP contribution in [0.25, 0.3) is 0 Å². The van der Waals surface area contributed by atoms with E-state index in [0.29, 0.717) is 29.2 Å². The number of esters is 1. The fraction of sp³-hybridized carbons (Fsp3) is 0.308. The van der Waals surface area contributed by atoms with Crippen LogP contribution in [0.4, 0.5) is 0 Å². The molecule has 1 rings (SSSR count). The molecule has 0 N–H and O–H groups in total. The molecule has 17 heavy (non-hydrogen) atoms. The second-order valence-electron chi connectivity index (χ2n) is 3.15. The summed E-state index contributed by atoms with van der Waals surface area (Å²) in [6.07, 6.45) is 0.590. The number of carbonyl (C=O) groups is 1. The van der Waals surface area contributed by atoms with Gasteiger partial charge in [-0.15, -0.1) is 11.6 Å². The maximum atomic E-state index is 11.4. The first-order chi connectivity index (χ1) is 8.22. The molecule has 0 fully saturated rings. The zero-order valence-corrected chi connectivity index (χ0v) is 10.5. The Morgan fingerprint density at radius 3 is 2.76 bits per heavy atom. The monoisotopic (exact) mass is 252 g/mol. The van der Waals surface area contributed by atoms with E-state index in [1.807, 2.05) is 0 Å². The minimum atomic E-state index is -0.395. The summed E-state index contributed by atoms with van der Waals surface area (Å²) in [5.41, 5.74) is 1.10. The van der Waals surface area contributed by atoms with Gasteiger partial charge in [0.25, 0.3) is 0 Å². The standard InChI is InChI=1S/C13H13ClO3/c1-16-12-7-6-11(13(15)17-2)9-10(12)5-3-4-8-14/h6-7,9H,4,8H2,1-2H3. The number of halogens is 1. The minimum absolute atomic E-state index is 0.395. The minimum Gasteiger partial charge on any atom is -0.495 e. The molecule has 0 radical (unpaired) electrons. The summed E-state index contributed by atoms with van der Waals surface area (Å²) in [4.78, 5) is 11.4. The molecule has 0 spiro atoms. The number of benzene rings is 1. The number of alkyl halides is 1. The molecule has 0 atom stereocenters. The van der Waals surface area contributed by atoms with Crippen molar-refractivity contribution in [3.8, 4) is 17.6 Å². The van der Waals surface area contributed by atoms with Crippen molar-refractivity contribution < 1.29 is 14.3 Å². The molecule has 1 aromatic rings. The third-order valence-electron chi connectivity index (χ3n) is 2.06. The molecule has 3 nitrogen and oxygen atoms in total. The predicted octanol–water partition coefficient (Wildman–Crippen LogP) is 2.46. The van der Waals surface area contributed by atoms with Gasteiger partial charge in [0.15, 0.2) is 0 Å². The number of hydrogen-bond acceptors (Lipinski definition) is 3. The molecule has 0 aliphatic heterocycles. The van der Waals surface area contributed by atoms with Gasteiger partial charge in [-0.3, -0.25) is 0 Å². The van der Waals surface area contributed by atoms with Gasteiger partial charge in [0, 0.05) is 12.3 Å². The van der Waals surface area contributed by atoms with Crippen LogP contribution in [0.15, 0.2) is 18.2 Å². The van der Waals surface area contributed by atoms with Crippen molar-refractivity contribution in [1.29, 1.82) is 0 Å². The second kappa shape index (κ2) is 6.82. The molecule has 90 valence electrons. The van der Waals surface area contributed by atoms with Crippen LogP contribution in [-0.2, 0) is 4.74 Å². The molecule has 0 saturated heterocycles. The topological polar surface area (TPSA) is 35.5 Å². The van der Waals surface area contributed by atoms with E-state index in [1.165, 1.54) is 7.11 Å². The van der Waals surface area contributed by atoms with E-state index < -0.39 is 5.97 Å². The van der Waals surface area contributed by atoms with E-state index in [1.54, 1.807) is 25.3 Å². The Morgan fingerprint density at radius 1 is 1.41 bits per heavy atom. The van der Waals surface area contributed by atoms with Gasteiger partial charge < -0.3 is 9.47 Å². The highest BCUT2D eigenvalue weighted by Crippen LogP contribution is 2.19. The fourth-order valence-corrected chi connectivity index (χ4v) is 1.35. The highest BCUT2D eigenvalue weighted by molar-refractivity contribution is 6.18. The van der Waals surface area contributed by atoms with Crippen LogP contribution >= 0.6 is 11.6 Å². The van der Waals surface area contributed by atoms with E-state index >= 15 is 0 Å². The maximum absolute atomic E-state index is 11.4. The highest BCUT2D eigenvalue weighted by atomic mass is 35.5. The van der Waals surface area contributed by atoms with Crippen LogP contribution in [0.2, 0.25) is 0 Å². The maximum Gasteiger partial charge on any atom is 0.337 e. The van der Waals surface area contributed by atoms with E-state index in [0.717, 1.165) is 0 Å². The summed E-state index contributed by atoms with van der Waals surface area (Å²) in [5, 5.41) is 0. The van der Waals surface area contributed by atoms with Crippen LogP contribution in [-0.4, -0.2) is 26.1 Å². The van der Waals surface area contributed by atoms with Gasteiger partial charge >= 0.3 is 5.97 Å². The quantitative estimate of drug-likeness (QED) is 0.471. The van der Waals surface area contributed by atoms with E-state index in [-0.39, 0.29) is 0 Å². The van der Waals surface area contributed by atoms with Crippen LogP contribution in [0.3, 0.4) is 0 Å². The Labute approximate surface area is 106 Å². The Kier molecular flexibility index (Phi) is 5.38. The Balaban J connectivity index is 3.07. The average molecular weight is 253 g/mol. The Morgan fingerprint density at radius 2 is 2.18 bits per heavy atom. The van der Waals surface area contributed by atoms with Crippen molar-refractivity contribution in [2.24, 2.45) is 0 Å². The van der Waals surface area contributed by atoms with Crippen LogP contribution in [0.5, 0.6) is 5.75 Å². The zero-order chi connectivity index (χ0) is 12.7. The lowest BCUT2D eigenvalue weighted by atomic mass is 10.1. The largest absolute Gasteiger partial charge is 0.495 e. The first kappa shape index (κ1) is 13.4. The van der Waals surface area contributed by atoms with Gasteiger partial charge in [-0.2, -0.15) is 0 Å².